The fourth-order valence-electron chi connectivity index (χ4n) is 2.23. The minimum absolute atomic E-state index is 0.210. The van der Waals surface area contributed by atoms with Crippen LogP contribution < -0.4 is 11.3 Å². The van der Waals surface area contributed by atoms with E-state index in [1.54, 1.807) is 0 Å². The van der Waals surface area contributed by atoms with Crippen molar-refractivity contribution in [1.29, 1.82) is 0 Å². The molecular weight excluding hydrogens is 228 g/mol. The van der Waals surface area contributed by atoms with E-state index in [1.165, 1.54) is 0 Å². The van der Waals surface area contributed by atoms with Gasteiger partial charge in [-0.3, -0.25) is 5.84 Å². The number of allylic oxidation sites excluding steroid dienone is 1. The Kier molecular flexibility index (Phi) is 3.04. The van der Waals surface area contributed by atoms with Gasteiger partial charge in [-0.25, -0.2) is 5.43 Å². The highest BCUT2D eigenvalue weighted by Crippen LogP contribution is 2.29. The van der Waals surface area contributed by atoms with Gasteiger partial charge in [0.15, 0.2) is 0 Å². The highest BCUT2D eigenvalue weighted by atomic mass is 16.5. The summed E-state index contributed by atoms with van der Waals surface area (Å²) >= 11 is 0. The first-order chi connectivity index (χ1) is 8.88. The molecule has 2 aromatic rings. The van der Waals surface area contributed by atoms with Crippen molar-refractivity contribution in [3.63, 3.8) is 0 Å². The summed E-state index contributed by atoms with van der Waals surface area (Å²) in [4.78, 5) is 0. The van der Waals surface area contributed by atoms with Crippen LogP contribution in [0.3, 0.4) is 0 Å². The third kappa shape index (κ3) is 2.00. The smallest absolute Gasteiger partial charge is 0.136 e. The molecule has 1 unspecified atom stereocenters. The minimum Gasteiger partial charge on any atom is -0.496 e. The van der Waals surface area contributed by atoms with Gasteiger partial charge in [0.2, 0.25) is 0 Å². The summed E-state index contributed by atoms with van der Waals surface area (Å²) in [5.74, 6) is 7.26. The number of ether oxygens (including phenoxy) is 1. The summed E-state index contributed by atoms with van der Waals surface area (Å²) < 4.78 is 11.5. The van der Waals surface area contributed by atoms with Crippen LogP contribution in [0.2, 0.25) is 0 Å². The fourth-order valence-corrected chi connectivity index (χ4v) is 2.23. The Labute approximate surface area is 105 Å². The lowest BCUT2D eigenvalue weighted by Crippen LogP contribution is -2.30. The maximum absolute atomic E-state index is 5.81. The largest absolute Gasteiger partial charge is 0.496 e. The zero-order valence-electron chi connectivity index (χ0n) is 10.1. The normalized spacial score (nSPS) is 17.3. The quantitative estimate of drug-likeness (QED) is 0.643. The van der Waals surface area contributed by atoms with E-state index in [2.05, 4.69) is 11.5 Å². The average molecular weight is 244 g/mol. The first-order valence-electron chi connectivity index (χ1n) is 6.16. The summed E-state index contributed by atoms with van der Waals surface area (Å²) in [6.07, 6.45) is 4.15. The number of hydrazine groups is 1. The predicted molar refractivity (Wildman–Crippen MR) is 69.5 cm³/mol. The van der Waals surface area contributed by atoms with Crippen LogP contribution in [-0.4, -0.2) is 6.61 Å². The number of rotatable bonds is 3. The molecule has 1 atom stereocenters. The lowest BCUT2D eigenvalue weighted by atomic mass is 10.1. The van der Waals surface area contributed by atoms with Gasteiger partial charge >= 0.3 is 0 Å². The third-order valence-corrected chi connectivity index (χ3v) is 3.14. The van der Waals surface area contributed by atoms with Gasteiger partial charge in [0.05, 0.1) is 6.61 Å². The molecule has 0 saturated carbocycles. The number of para-hydroxylation sites is 1. The molecule has 1 aromatic heterocycles. The van der Waals surface area contributed by atoms with Gasteiger partial charge in [0, 0.05) is 5.39 Å². The van der Waals surface area contributed by atoms with E-state index < -0.39 is 0 Å². The third-order valence-electron chi connectivity index (χ3n) is 3.14. The van der Waals surface area contributed by atoms with E-state index in [4.69, 9.17) is 15.0 Å². The second-order valence-electron chi connectivity index (χ2n) is 4.38. The Morgan fingerprint density at radius 1 is 1.28 bits per heavy atom. The van der Waals surface area contributed by atoms with Crippen molar-refractivity contribution in [2.24, 2.45) is 5.84 Å². The van der Waals surface area contributed by atoms with E-state index in [1.807, 2.05) is 30.3 Å². The molecule has 18 heavy (non-hydrogen) atoms. The molecule has 0 bridgehead atoms. The maximum Gasteiger partial charge on any atom is 0.136 e. The van der Waals surface area contributed by atoms with Crippen LogP contribution in [0.15, 0.2) is 46.6 Å². The van der Waals surface area contributed by atoms with Crippen LogP contribution in [0.1, 0.15) is 24.6 Å². The molecule has 3 rings (SSSR count). The van der Waals surface area contributed by atoms with Crippen LogP contribution in [0.4, 0.5) is 0 Å². The highest BCUT2D eigenvalue weighted by molar-refractivity contribution is 5.77. The molecule has 3 N–H and O–H groups in total. The molecule has 0 fully saturated rings. The van der Waals surface area contributed by atoms with Crippen molar-refractivity contribution in [2.75, 3.05) is 6.61 Å². The molecule has 2 heterocycles. The number of hydrogen-bond acceptors (Lipinski definition) is 4. The molecule has 4 nitrogen and oxygen atoms in total. The molecule has 0 radical (unpaired) electrons. The number of nitrogens with one attached hydrogen (secondary N) is 1. The Morgan fingerprint density at radius 3 is 2.89 bits per heavy atom. The van der Waals surface area contributed by atoms with Crippen molar-refractivity contribution in [1.82, 2.24) is 5.43 Å². The van der Waals surface area contributed by atoms with Crippen molar-refractivity contribution < 1.29 is 9.15 Å². The van der Waals surface area contributed by atoms with Crippen LogP contribution in [-0.2, 0) is 4.74 Å². The Bertz CT molecular complexity index is 541. The van der Waals surface area contributed by atoms with E-state index in [-0.39, 0.29) is 6.04 Å². The van der Waals surface area contributed by atoms with Crippen molar-refractivity contribution in [3.05, 3.63) is 47.9 Å². The zero-order chi connectivity index (χ0) is 12.4. The van der Waals surface area contributed by atoms with Gasteiger partial charge in [-0.05, 0) is 31.1 Å². The van der Waals surface area contributed by atoms with Gasteiger partial charge in [-0.1, -0.05) is 18.2 Å². The number of furan rings is 1. The second kappa shape index (κ2) is 4.84. The first-order valence-corrected chi connectivity index (χ1v) is 6.16. The zero-order valence-corrected chi connectivity index (χ0v) is 10.1. The molecule has 0 saturated heterocycles. The van der Waals surface area contributed by atoms with Crippen LogP contribution in [0.25, 0.3) is 11.0 Å². The molecule has 0 aliphatic carbocycles. The topological polar surface area (TPSA) is 60.4 Å². The number of hydrogen-bond donors (Lipinski definition) is 2. The molecule has 0 amide bonds. The summed E-state index contributed by atoms with van der Waals surface area (Å²) in [6, 6.07) is 9.70. The van der Waals surface area contributed by atoms with E-state index in [0.29, 0.717) is 0 Å². The summed E-state index contributed by atoms with van der Waals surface area (Å²) in [5, 5.41) is 1.07. The number of nitrogens with two attached hydrogens (primary N) is 1. The molecule has 1 aliphatic rings. The summed E-state index contributed by atoms with van der Waals surface area (Å²) in [7, 11) is 0. The van der Waals surface area contributed by atoms with Crippen molar-refractivity contribution in [3.8, 4) is 0 Å². The van der Waals surface area contributed by atoms with Crippen molar-refractivity contribution in [2.45, 2.75) is 18.9 Å². The van der Waals surface area contributed by atoms with Crippen LogP contribution in [0.5, 0.6) is 0 Å². The molecule has 0 spiro atoms. The lowest BCUT2D eigenvalue weighted by molar-refractivity contribution is 0.162. The summed E-state index contributed by atoms with van der Waals surface area (Å²) in [5.41, 5.74) is 3.63. The summed E-state index contributed by atoms with van der Waals surface area (Å²) in [6.45, 7) is 0.740. The van der Waals surface area contributed by atoms with E-state index >= 15 is 0 Å². The molecule has 1 aromatic carbocycles. The second-order valence-corrected chi connectivity index (χ2v) is 4.38. The fraction of sp³-hybridized carbons (Fsp3) is 0.286. The average Bonchev–Trinajstić information content (AvgIpc) is 2.84. The number of fused-ring (bicyclic) bond motifs is 1. The van der Waals surface area contributed by atoms with E-state index in [9.17, 15) is 0 Å². The van der Waals surface area contributed by atoms with Gasteiger partial charge in [-0.15, -0.1) is 0 Å². The Balaban J connectivity index is 1.97. The van der Waals surface area contributed by atoms with E-state index in [0.717, 1.165) is 41.9 Å². The van der Waals surface area contributed by atoms with Gasteiger partial charge in [0.1, 0.15) is 23.1 Å². The van der Waals surface area contributed by atoms with Gasteiger partial charge in [-0.2, -0.15) is 0 Å². The van der Waals surface area contributed by atoms with Crippen molar-refractivity contribution >= 4 is 11.0 Å². The van der Waals surface area contributed by atoms with Gasteiger partial charge in [0.25, 0.3) is 0 Å². The first kappa shape index (κ1) is 11.3. The van der Waals surface area contributed by atoms with Gasteiger partial charge < -0.3 is 9.15 Å². The predicted octanol–water partition coefficient (Wildman–Crippen LogP) is 2.63. The maximum atomic E-state index is 5.81. The Morgan fingerprint density at radius 2 is 2.17 bits per heavy atom. The van der Waals surface area contributed by atoms with Crippen LogP contribution in [0, 0.1) is 0 Å². The number of benzene rings is 1. The molecule has 4 heteroatoms. The standard InChI is InChI=1S/C14H16N2O2/c15-16-14(12-7-3-4-8-17-12)13-9-10-5-1-2-6-11(10)18-13/h1-2,5-7,9,14,16H,3-4,8,15H2. The lowest BCUT2D eigenvalue weighted by Gasteiger charge is -2.21. The molecule has 94 valence electrons. The highest BCUT2D eigenvalue weighted by Gasteiger charge is 2.22. The Hall–Kier alpha value is -1.78. The molecule has 1 aliphatic heterocycles. The van der Waals surface area contributed by atoms with Crippen LogP contribution >= 0.6 is 0 Å². The SMILES string of the molecule is NNC(C1=CCCCO1)c1cc2ccccc2o1. The minimum atomic E-state index is -0.210. The molecular formula is C14H16N2O2. The monoisotopic (exact) mass is 244 g/mol.